The Hall–Kier alpha value is -3.57. The van der Waals surface area contributed by atoms with Gasteiger partial charge in [0.25, 0.3) is 5.56 Å². The van der Waals surface area contributed by atoms with E-state index in [4.69, 9.17) is 11.6 Å². The van der Waals surface area contributed by atoms with Crippen LogP contribution in [0.2, 0.25) is 5.02 Å². The maximum Gasteiger partial charge on any atom is 0.261 e. The van der Waals surface area contributed by atoms with Crippen molar-refractivity contribution in [2.24, 2.45) is 0 Å². The fourth-order valence-corrected chi connectivity index (χ4v) is 3.49. The lowest BCUT2D eigenvalue weighted by Crippen LogP contribution is -2.25. The van der Waals surface area contributed by atoms with Gasteiger partial charge in [-0.15, -0.1) is 0 Å². The van der Waals surface area contributed by atoms with Crippen molar-refractivity contribution in [3.05, 3.63) is 99.1 Å². The molecule has 0 spiro atoms. The predicted molar refractivity (Wildman–Crippen MR) is 120 cm³/mol. The Morgan fingerprint density at radius 2 is 1.73 bits per heavy atom. The van der Waals surface area contributed by atoms with E-state index >= 15 is 0 Å². The first-order valence-electron chi connectivity index (χ1n) is 9.46. The van der Waals surface area contributed by atoms with E-state index in [2.05, 4.69) is 4.98 Å². The highest BCUT2D eigenvalue weighted by Crippen LogP contribution is 2.25. The maximum atomic E-state index is 13.2. The molecule has 0 radical (unpaired) electrons. The number of hydrogen-bond acceptors (Lipinski definition) is 4. The van der Waals surface area contributed by atoms with Crippen LogP contribution in [0.15, 0.2) is 71.5 Å². The third kappa shape index (κ3) is 4.07. The van der Waals surface area contributed by atoms with Crippen molar-refractivity contribution in [2.75, 3.05) is 0 Å². The molecule has 0 aliphatic heterocycles. The fraction of sp³-hybridized carbons (Fsp3) is 0.0833. The van der Waals surface area contributed by atoms with Crippen LogP contribution in [-0.2, 0) is 13.0 Å². The second-order valence-electron chi connectivity index (χ2n) is 6.88. The molecule has 2 N–H and O–H groups in total. The Bertz CT molecular complexity index is 1300. The van der Waals surface area contributed by atoms with Crippen LogP contribution in [0.5, 0.6) is 11.5 Å². The van der Waals surface area contributed by atoms with Crippen molar-refractivity contribution in [1.82, 2.24) is 9.55 Å². The van der Waals surface area contributed by atoms with E-state index in [1.54, 1.807) is 34.9 Å². The van der Waals surface area contributed by atoms with Gasteiger partial charge in [-0.1, -0.05) is 60.1 Å². The van der Waals surface area contributed by atoms with Crippen molar-refractivity contribution in [3.8, 4) is 11.5 Å². The third-order valence-electron chi connectivity index (χ3n) is 4.85. The summed E-state index contributed by atoms with van der Waals surface area (Å²) in [5.74, 6) is 0.129. The minimum absolute atomic E-state index is 0.176. The van der Waals surface area contributed by atoms with Crippen LogP contribution < -0.4 is 5.56 Å². The summed E-state index contributed by atoms with van der Waals surface area (Å²) in [7, 11) is 0. The van der Waals surface area contributed by atoms with Crippen LogP contribution in [-0.4, -0.2) is 19.8 Å². The Kier molecular flexibility index (Phi) is 5.55. The topological polar surface area (TPSA) is 75.4 Å². The molecule has 0 fully saturated rings. The molecule has 0 unspecified atom stereocenters. The highest BCUT2D eigenvalue weighted by atomic mass is 35.5. The summed E-state index contributed by atoms with van der Waals surface area (Å²) in [5.41, 5.74) is 2.07. The zero-order valence-electron chi connectivity index (χ0n) is 16.0. The number of aryl methyl sites for hydroxylation is 1. The van der Waals surface area contributed by atoms with Gasteiger partial charge < -0.3 is 10.2 Å². The smallest absolute Gasteiger partial charge is 0.261 e. The molecule has 0 saturated heterocycles. The van der Waals surface area contributed by atoms with Gasteiger partial charge in [-0.05, 0) is 47.9 Å². The van der Waals surface area contributed by atoms with Gasteiger partial charge in [-0.2, -0.15) is 0 Å². The van der Waals surface area contributed by atoms with Crippen LogP contribution in [0.1, 0.15) is 17.0 Å². The quantitative estimate of drug-likeness (QED) is 0.453. The molecular formula is C24H19ClN2O3. The van der Waals surface area contributed by atoms with Gasteiger partial charge in [-0.25, -0.2) is 4.98 Å². The predicted octanol–water partition coefficient (Wildman–Crippen LogP) is 4.87. The van der Waals surface area contributed by atoms with Crippen molar-refractivity contribution in [2.45, 2.75) is 13.0 Å². The van der Waals surface area contributed by atoms with Gasteiger partial charge in [0.15, 0.2) is 11.5 Å². The van der Waals surface area contributed by atoms with E-state index in [1.165, 1.54) is 12.1 Å². The molecule has 5 nitrogen and oxygen atoms in total. The monoisotopic (exact) mass is 418 g/mol. The Morgan fingerprint density at radius 1 is 0.933 bits per heavy atom. The minimum atomic E-state index is -0.188. The first-order chi connectivity index (χ1) is 14.5. The largest absolute Gasteiger partial charge is 0.504 e. The third-order valence-corrected chi connectivity index (χ3v) is 5.16. The van der Waals surface area contributed by atoms with Crippen LogP contribution in [0, 0.1) is 0 Å². The van der Waals surface area contributed by atoms with Crippen LogP contribution in [0.3, 0.4) is 0 Å². The summed E-state index contributed by atoms with van der Waals surface area (Å²) < 4.78 is 1.60. The molecule has 0 bridgehead atoms. The molecular weight excluding hydrogens is 400 g/mol. The first-order valence-corrected chi connectivity index (χ1v) is 9.84. The minimum Gasteiger partial charge on any atom is -0.504 e. The van der Waals surface area contributed by atoms with E-state index in [0.29, 0.717) is 34.7 Å². The van der Waals surface area contributed by atoms with Gasteiger partial charge in [0.1, 0.15) is 5.82 Å². The van der Waals surface area contributed by atoms with Crippen molar-refractivity contribution < 1.29 is 10.2 Å². The number of phenols is 2. The van der Waals surface area contributed by atoms with E-state index in [9.17, 15) is 15.0 Å². The molecule has 3 aromatic carbocycles. The molecule has 0 atom stereocenters. The SMILES string of the molecule is O=c1c2cccc(Cl)c2nc(/C=C/c2ccccc2)n1CCc1ccc(O)c(O)c1. The summed E-state index contributed by atoms with van der Waals surface area (Å²) in [6.45, 7) is 0.354. The number of rotatable bonds is 5. The van der Waals surface area contributed by atoms with Crippen molar-refractivity contribution >= 4 is 34.7 Å². The number of fused-ring (bicyclic) bond motifs is 1. The zero-order valence-corrected chi connectivity index (χ0v) is 16.8. The number of aromatic hydroxyl groups is 2. The highest BCUT2D eigenvalue weighted by Gasteiger charge is 2.12. The van der Waals surface area contributed by atoms with Crippen molar-refractivity contribution in [1.29, 1.82) is 0 Å². The fourth-order valence-electron chi connectivity index (χ4n) is 3.27. The summed E-state index contributed by atoms with van der Waals surface area (Å²) in [4.78, 5) is 17.8. The normalized spacial score (nSPS) is 11.4. The lowest BCUT2D eigenvalue weighted by molar-refractivity contribution is 0.403. The molecule has 0 aliphatic rings. The van der Waals surface area contributed by atoms with Gasteiger partial charge >= 0.3 is 0 Å². The molecule has 0 aliphatic carbocycles. The average Bonchev–Trinajstić information content (AvgIpc) is 2.75. The molecule has 1 heterocycles. The van der Waals surface area contributed by atoms with Crippen LogP contribution in [0.4, 0.5) is 0 Å². The van der Waals surface area contributed by atoms with Gasteiger partial charge in [-0.3, -0.25) is 9.36 Å². The number of nitrogens with zero attached hydrogens (tertiary/aromatic N) is 2. The van der Waals surface area contributed by atoms with E-state index in [-0.39, 0.29) is 17.1 Å². The first kappa shape index (κ1) is 19.7. The lowest BCUT2D eigenvalue weighted by Gasteiger charge is -2.12. The summed E-state index contributed by atoms with van der Waals surface area (Å²) in [5, 5.41) is 20.1. The zero-order chi connectivity index (χ0) is 21.1. The Labute approximate surface area is 178 Å². The molecule has 0 saturated carbocycles. The van der Waals surface area contributed by atoms with Gasteiger partial charge in [0.2, 0.25) is 0 Å². The average molecular weight is 419 g/mol. The maximum absolute atomic E-state index is 13.2. The lowest BCUT2D eigenvalue weighted by atomic mass is 10.1. The summed E-state index contributed by atoms with van der Waals surface area (Å²) in [6, 6.07) is 19.5. The summed E-state index contributed by atoms with van der Waals surface area (Å²) >= 11 is 6.29. The standard InChI is InChI=1S/C24H19ClN2O3/c25-19-8-4-7-18-23(19)26-22(12-10-16-5-2-1-3-6-16)27(24(18)30)14-13-17-9-11-20(28)21(29)15-17/h1-12,15,28-29H,13-14H2/b12-10+. The second-order valence-corrected chi connectivity index (χ2v) is 7.29. The number of halogens is 1. The second kappa shape index (κ2) is 8.43. The van der Waals surface area contributed by atoms with Gasteiger partial charge in [0, 0.05) is 6.54 Å². The number of para-hydroxylation sites is 1. The molecule has 6 heteroatoms. The Morgan fingerprint density at radius 3 is 2.50 bits per heavy atom. The van der Waals surface area contributed by atoms with Crippen LogP contribution >= 0.6 is 11.6 Å². The number of phenolic OH excluding ortho intramolecular Hbond substituents is 2. The summed E-state index contributed by atoms with van der Waals surface area (Å²) in [6.07, 6.45) is 4.18. The number of benzene rings is 3. The molecule has 4 rings (SSSR count). The number of aromatic nitrogens is 2. The Balaban J connectivity index is 1.77. The number of hydrogen-bond donors (Lipinski definition) is 2. The highest BCUT2D eigenvalue weighted by molar-refractivity contribution is 6.35. The van der Waals surface area contributed by atoms with Crippen molar-refractivity contribution in [3.63, 3.8) is 0 Å². The molecule has 0 amide bonds. The van der Waals surface area contributed by atoms with Crippen LogP contribution in [0.25, 0.3) is 23.1 Å². The molecule has 30 heavy (non-hydrogen) atoms. The molecule has 1 aromatic heterocycles. The van der Waals surface area contributed by atoms with E-state index in [0.717, 1.165) is 11.1 Å². The van der Waals surface area contributed by atoms with E-state index < -0.39 is 0 Å². The van der Waals surface area contributed by atoms with E-state index in [1.807, 2.05) is 36.4 Å². The molecule has 4 aromatic rings. The molecule has 150 valence electrons. The van der Waals surface area contributed by atoms with Gasteiger partial charge in [0.05, 0.1) is 15.9 Å².